The summed E-state index contributed by atoms with van der Waals surface area (Å²) in [6.07, 6.45) is 3.21. The normalized spacial score (nSPS) is 14.0. The monoisotopic (exact) mass is 439 g/mol. The number of piperazine rings is 1. The van der Waals surface area contributed by atoms with Crippen LogP contribution >= 0.6 is 0 Å². The summed E-state index contributed by atoms with van der Waals surface area (Å²) in [5.74, 6) is -0.158. The molecule has 0 atom stereocenters. The van der Waals surface area contributed by atoms with Crippen LogP contribution in [0, 0.1) is 13.8 Å². The molecule has 33 heavy (non-hydrogen) atoms. The summed E-state index contributed by atoms with van der Waals surface area (Å²) in [5, 5.41) is 5.57. The van der Waals surface area contributed by atoms with Crippen molar-refractivity contribution in [1.29, 1.82) is 0 Å². The first-order valence-electron chi connectivity index (χ1n) is 11.1. The van der Waals surface area contributed by atoms with Gasteiger partial charge in [0.2, 0.25) is 0 Å². The van der Waals surface area contributed by atoms with Gasteiger partial charge in [-0.2, -0.15) is 9.78 Å². The highest BCUT2D eigenvalue weighted by molar-refractivity contribution is 6.05. The number of pyridine rings is 1. The molecule has 0 unspecified atom stereocenters. The molecule has 0 spiro atoms. The summed E-state index contributed by atoms with van der Waals surface area (Å²) in [7, 11) is 0. The maximum absolute atomic E-state index is 13.6. The molecular weight excluding hydrogens is 414 g/mol. The van der Waals surface area contributed by atoms with Crippen molar-refractivity contribution in [2.45, 2.75) is 13.8 Å². The van der Waals surface area contributed by atoms with Gasteiger partial charge in [-0.25, -0.2) is 0 Å². The lowest BCUT2D eigenvalue weighted by atomic mass is 10.1. The number of benzene rings is 2. The van der Waals surface area contributed by atoms with Crippen molar-refractivity contribution in [3.05, 3.63) is 94.2 Å². The number of hydrogen-bond donors (Lipinski definition) is 0. The molecule has 2 aromatic carbocycles. The van der Waals surface area contributed by atoms with Crippen LogP contribution in [0.3, 0.4) is 0 Å². The second-order valence-electron chi connectivity index (χ2n) is 8.31. The van der Waals surface area contributed by atoms with E-state index in [1.165, 1.54) is 21.5 Å². The first-order chi connectivity index (χ1) is 16.0. The number of aryl methyl sites for hydroxylation is 1. The third kappa shape index (κ3) is 3.75. The quantitative estimate of drug-likeness (QED) is 0.490. The maximum Gasteiger partial charge on any atom is 0.279 e. The Balaban J connectivity index is 1.47. The molecule has 0 saturated carbocycles. The van der Waals surface area contributed by atoms with Crippen molar-refractivity contribution >= 4 is 22.4 Å². The summed E-state index contributed by atoms with van der Waals surface area (Å²) >= 11 is 0. The highest BCUT2D eigenvalue weighted by Crippen LogP contribution is 2.25. The average Bonchev–Trinajstić information content (AvgIpc) is 2.86. The molecule has 0 N–H and O–H groups in total. The molecule has 166 valence electrons. The van der Waals surface area contributed by atoms with Crippen LogP contribution < -0.4 is 10.5 Å². The lowest BCUT2D eigenvalue weighted by Gasteiger charge is -2.37. The van der Waals surface area contributed by atoms with E-state index in [1.54, 1.807) is 42.7 Å². The van der Waals surface area contributed by atoms with Crippen LogP contribution in [0.15, 0.2) is 71.8 Å². The molecule has 7 heteroatoms. The molecule has 1 fully saturated rings. The van der Waals surface area contributed by atoms with Crippen molar-refractivity contribution in [2.75, 3.05) is 31.1 Å². The molecule has 2 aromatic heterocycles. The van der Waals surface area contributed by atoms with Crippen LogP contribution in [0.4, 0.5) is 5.69 Å². The molecule has 1 saturated heterocycles. The Hall–Kier alpha value is -4.00. The topological polar surface area (TPSA) is 71.3 Å². The Bertz CT molecular complexity index is 1390. The lowest BCUT2D eigenvalue weighted by molar-refractivity contribution is 0.0741. The SMILES string of the molecule is Cc1cccc(N2CCN(C(=O)c3nn(-c4ccncc4)c(=O)c4ccccc34)CC2)c1C. The van der Waals surface area contributed by atoms with E-state index in [4.69, 9.17) is 0 Å². The van der Waals surface area contributed by atoms with E-state index in [1.807, 2.05) is 11.0 Å². The van der Waals surface area contributed by atoms with E-state index < -0.39 is 0 Å². The number of nitrogens with zero attached hydrogens (tertiary/aromatic N) is 5. The minimum atomic E-state index is -0.256. The molecule has 0 radical (unpaired) electrons. The van der Waals surface area contributed by atoms with Crippen LogP contribution in [-0.2, 0) is 0 Å². The molecule has 3 heterocycles. The van der Waals surface area contributed by atoms with Gasteiger partial charge in [-0.3, -0.25) is 14.6 Å². The maximum atomic E-state index is 13.6. The van der Waals surface area contributed by atoms with E-state index in [0.717, 1.165) is 13.1 Å². The van der Waals surface area contributed by atoms with Gasteiger partial charge in [-0.15, -0.1) is 0 Å². The van der Waals surface area contributed by atoms with Gasteiger partial charge in [0, 0.05) is 49.6 Å². The zero-order valence-corrected chi connectivity index (χ0v) is 18.7. The second kappa shape index (κ2) is 8.50. The zero-order valence-electron chi connectivity index (χ0n) is 18.7. The summed E-state index contributed by atoms with van der Waals surface area (Å²) in [5.41, 5.74) is 4.37. The van der Waals surface area contributed by atoms with Gasteiger partial charge in [0.1, 0.15) is 0 Å². The van der Waals surface area contributed by atoms with E-state index in [0.29, 0.717) is 35.2 Å². The number of carbonyl (C=O) groups is 1. The van der Waals surface area contributed by atoms with Crippen molar-refractivity contribution in [2.24, 2.45) is 0 Å². The molecule has 5 rings (SSSR count). The largest absolute Gasteiger partial charge is 0.368 e. The highest BCUT2D eigenvalue weighted by atomic mass is 16.2. The predicted molar refractivity (Wildman–Crippen MR) is 129 cm³/mol. The van der Waals surface area contributed by atoms with Crippen LogP contribution in [0.5, 0.6) is 0 Å². The van der Waals surface area contributed by atoms with Gasteiger partial charge in [0.05, 0.1) is 11.1 Å². The van der Waals surface area contributed by atoms with Gasteiger partial charge < -0.3 is 9.80 Å². The number of anilines is 1. The van der Waals surface area contributed by atoms with Crippen molar-refractivity contribution in [3.8, 4) is 5.69 Å². The molecular formula is C26H25N5O2. The first-order valence-corrected chi connectivity index (χ1v) is 11.1. The van der Waals surface area contributed by atoms with Crippen LogP contribution in [0.25, 0.3) is 16.5 Å². The molecule has 0 bridgehead atoms. The molecule has 4 aromatic rings. The van der Waals surface area contributed by atoms with Gasteiger partial charge in [0.15, 0.2) is 5.69 Å². The molecule has 1 aliphatic rings. The Morgan fingerprint density at radius 1 is 0.848 bits per heavy atom. The predicted octanol–water partition coefficient (Wildman–Crippen LogP) is 3.36. The molecule has 1 aliphatic heterocycles. The van der Waals surface area contributed by atoms with E-state index >= 15 is 0 Å². The summed E-state index contributed by atoms with van der Waals surface area (Å²) in [6, 6.07) is 16.9. The van der Waals surface area contributed by atoms with Gasteiger partial charge in [-0.05, 0) is 49.2 Å². The fraction of sp³-hybridized carbons (Fsp3) is 0.231. The van der Waals surface area contributed by atoms with E-state index in [-0.39, 0.29) is 11.5 Å². The van der Waals surface area contributed by atoms with Gasteiger partial charge in [-0.1, -0.05) is 30.3 Å². The Morgan fingerprint density at radius 2 is 1.55 bits per heavy atom. The number of carbonyl (C=O) groups excluding carboxylic acids is 1. The second-order valence-corrected chi connectivity index (χ2v) is 8.31. The Kier molecular flexibility index (Phi) is 5.38. The van der Waals surface area contributed by atoms with E-state index in [9.17, 15) is 9.59 Å². The van der Waals surface area contributed by atoms with Gasteiger partial charge in [0.25, 0.3) is 11.5 Å². The fourth-order valence-corrected chi connectivity index (χ4v) is 4.39. The third-order valence-electron chi connectivity index (χ3n) is 6.40. The smallest absolute Gasteiger partial charge is 0.279 e. The summed E-state index contributed by atoms with van der Waals surface area (Å²) in [4.78, 5) is 34.9. The highest BCUT2D eigenvalue weighted by Gasteiger charge is 2.26. The van der Waals surface area contributed by atoms with Gasteiger partial charge >= 0.3 is 0 Å². The minimum Gasteiger partial charge on any atom is -0.368 e. The number of fused-ring (bicyclic) bond motifs is 1. The Morgan fingerprint density at radius 3 is 2.27 bits per heavy atom. The summed E-state index contributed by atoms with van der Waals surface area (Å²) < 4.78 is 1.30. The lowest BCUT2D eigenvalue weighted by Crippen LogP contribution is -2.49. The third-order valence-corrected chi connectivity index (χ3v) is 6.40. The van der Waals surface area contributed by atoms with Crippen molar-refractivity contribution in [3.63, 3.8) is 0 Å². The minimum absolute atomic E-state index is 0.158. The standard InChI is InChI=1S/C26H25N5O2/c1-18-6-5-9-23(19(18)2)29-14-16-30(17-15-29)26(33)24-21-7-3-4-8-22(21)25(32)31(28-24)20-10-12-27-13-11-20/h3-13H,14-17H2,1-2H3. The average molecular weight is 440 g/mol. The van der Waals surface area contributed by atoms with Crippen molar-refractivity contribution in [1.82, 2.24) is 19.7 Å². The van der Waals surface area contributed by atoms with Crippen LogP contribution in [-0.4, -0.2) is 51.8 Å². The molecule has 7 nitrogen and oxygen atoms in total. The molecule has 1 amide bonds. The number of hydrogen-bond acceptors (Lipinski definition) is 5. The van der Waals surface area contributed by atoms with Crippen molar-refractivity contribution < 1.29 is 4.79 Å². The summed E-state index contributed by atoms with van der Waals surface area (Å²) in [6.45, 7) is 6.94. The van der Waals surface area contributed by atoms with Crippen LogP contribution in [0.1, 0.15) is 21.6 Å². The van der Waals surface area contributed by atoms with E-state index in [2.05, 4.69) is 47.0 Å². The number of aromatic nitrogens is 3. The Labute approximate surface area is 191 Å². The molecule has 0 aliphatic carbocycles. The van der Waals surface area contributed by atoms with Crippen LogP contribution in [0.2, 0.25) is 0 Å². The zero-order chi connectivity index (χ0) is 22.9. The number of amides is 1. The first kappa shape index (κ1) is 20.9. The fourth-order valence-electron chi connectivity index (χ4n) is 4.39. The number of rotatable bonds is 3.